The Labute approximate surface area is 238 Å². The Bertz CT molecular complexity index is 991. The van der Waals surface area contributed by atoms with Crippen molar-refractivity contribution in [2.75, 3.05) is 0 Å². The number of unbranched alkanes of at least 4 members (excludes halogenated alkanes) is 3. The molecule has 2 rings (SSSR count). The van der Waals surface area contributed by atoms with Gasteiger partial charge in [0.25, 0.3) is 0 Å². The molecule has 3 atom stereocenters. The van der Waals surface area contributed by atoms with Gasteiger partial charge in [-0.25, -0.2) is 0 Å². The summed E-state index contributed by atoms with van der Waals surface area (Å²) < 4.78 is 18.9. The Morgan fingerprint density at radius 1 is 0.718 bits per heavy atom. The van der Waals surface area contributed by atoms with E-state index in [1.54, 1.807) is 6.08 Å². The molecule has 0 amide bonds. The van der Waals surface area contributed by atoms with Crippen molar-refractivity contribution in [2.24, 2.45) is 0 Å². The number of benzene rings is 2. The first-order valence-electron chi connectivity index (χ1n) is 15.3. The van der Waals surface area contributed by atoms with E-state index in [4.69, 9.17) is 14.2 Å². The van der Waals surface area contributed by atoms with Crippen LogP contribution in [0.15, 0.2) is 42.5 Å². The molecule has 0 spiro atoms. The fourth-order valence-corrected chi connectivity index (χ4v) is 4.56. The van der Waals surface area contributed by atoms with Crippen LogP contribution in [0.1, 0.15) is 128 Å². The van der Waals surface area contributed by atoms with E-state index in [-0.39, 0.29) is 24.1 Å². The van der Waals surface area contributed by atoms with Gasteiger partial charge in [-0.15, -0.1) is 0 Å². The molecule has 0 aromatic heterocycles. The lowest BCUT2D eigenvalue weighted by Gasteiger charge is -2.21. The van der Waals surface area contributed by atoms with Gasteiger partial charge in [-0.1, -0.05) is 78.4 Å². The summed E-state index contributed by atoms with van der Waals surface area (Å²) >= 11 is 0. The minimum absolute atomic E-state index is 0.0130. The van der Waals surface area contributed by atoms with E-state index in [0.29, 0.717) is 17.1 Å². The lowest BCUT2D eigenvalue weighted by molar-refractivity contribution is 0.103. The van der Waals surface area contributed by atoms with Gasteiger partial charge in [0.1, 0.15) is 22.8 Å². The van der Waals surface area contributed by atoms with Crippen molar-refractivity contribution in [3.8, 4) is 17.2 Å². The van der Waals surface area contributed by atoms with Crippen molar-refractivity contribution in [1.29, 1.82) is 0 Å². The van der Waals surface area contributed by atoms with Crippen molar-refractivity contribution in [2.45, 2.75) is 131 Å². The van der Waals surface area contributed by atoms with Gasteiger partial charge in [-0.05, 0) is 88.4 Å². The van der Waals surface area contributed by atoms with Crippen LogP contribution in [0.4, 0.5) is 0 Å². The third-order valence-corrected chi connectivity index (χ3v) is 7.01. The van der Waals surface area contributed by atoms with Crippen LogP contribution >= 0.6 is 0 Å². The Balaban J connectivity index is 2.41. The zero-order valence-corrected chi connectivity index (χ0v) is 25.6. The summed E-state index contributed by atoms with van der Waals surface area (Å²) in [6, 6.07) is 11.9. The van der Waals surface area contributed by atoms with Gasteiger partial charge in [-0.3, -0.25) is 4.79 Å². The fraction of sp³-hybridized carbons (Fsp3) is 0.571. The molecule has 2 aromatic rings. The smallest absolute Gasteiger partial charge is 0.193 e. The third kappa shape index (κ3) is 11.1. The lowest BCUT2D eigenvalue weighted by atomic mass is 10.0. The maximum Gasteiger partial charge on any atom is 0.193 e. The van der Waals surface area contributed by atoms with Crippen LogP contribution in [0, 0.1) is 0 Å². The molecule has 0 saturated heterocycles. The number of aryl methyl sites for hydroxylation is 1. The van der Waals surface area contributed by atoms with Gasteiger partial charge in [0.2, 0.25) is 0 Å². The Hall–Kier alpha value is -2.75. The van der Waals surface area contributed by atoms with Gasteiger partial charge < -0.3 is 14.2 Å². The first-order valence-corrected chi connectivity index (χ1v) is 15.3. The van der Waals surface area contributed by atoms with Crippen LogP contribution in [-0.4, -0.2) is 24.1 Å². The average Bonchev–Trinajstić information content (AvgIpc) is 2.93. The SMILES string of the molecule is CCCCC(C)Oc1ccc(CC)cc1C=CC(=O)c1c(OC(C)CCCC)cccc1OC(C)CCCC. The molecule has 0 aliphatic carbocycles. The van der Waals surface area contributed by atoms with Crippen LogP contribution in [0.2, 0.25) is 0 Å². The van der Waals surface area contributed by atoms with E-state index in [9.17, 15) is 4.79 Å². The zero-order valence-electron chi connectivity index (χ0n) is 25.6. The van der Waals surface area contributed by atoms with Crippen LogP contribution in [0.5, 0.6) is 17.2 Å². The molecular formula is C35H52O4. The summed E-state index contributed by atoms with van der Waals surface area (Å²) in [6.07, 6.45) is 14.1. The van der Waals surface area contributed by atoms with E-state index in [2.05, 4.69) is 60.6 Å². The largest absolute Gasteiger partial charge is 0.490 e. The average molecular weight is 537 g/mol. The Morgan fingerprint density at radius 3 is 1.67 bits per heavy atom. The van der Waals surface area contributed by atoms with Crippen LogP contribution in [0.3, 0.4) is 0 Å². The molecule has 0 aliphatic rings. The highest BCUT2D eigenvalue weighted by atomic mass is 16.5. The second-order valence-electron chi connectivity index (χ2n) is 10.8. The molecule has 2 aromatic carbocycles. The van der Waals surface area contributed by atoms with Gasteiger partial charge in [0, 0.05) is 5.56 Å². The fourth-order valence-electron chi connectivity index (χ4n) is 4.56. The first-order chi connectivity index (χ1) is 18.8. The summed E-state index contributed by atoms with van der Waals surface area (Å²) in [7, 11) is 0. The molecule has 0 saturated carbocycles. The van der Waals surface area contributed by atoms with Crippen molar-refractivity contribution < 1.29 is 19.0 Å². The highest BCUT2D eigenvalue weighted by Gasteiger charge is 2.20. The standard InChI is InChI=1S/C35H52O4/c1-8-12-16-26(5)37-32-24-21-29(11-4)25-30(32)22-23-31(36)35-33(38-27(6)17-13-9-2)19-15-20-34(35)39-28(7)18-14-10-3/h15,19-28H,8-14,16-18H2,1-7H3. The summed E-state index contributed by atoms with van der Waals surface area (Å²) in [5.74, 6) is 1.85. The second-order valence-corrected chi connectivity index (χ2v) is 10.8. The van der Waals surface area contributed by atoms with E-state index < -0.39 is 0 Å². The predicted molar refractivity (Wildman–Crippen MR) is 164 cm³/mol. The van der Waals surface area contributed by atoms with Crippen LogP contribution in [-0.2, 0) is 6.42 Å². The molecule has 216 valence electrons. The molecule has 0 bridgehead atoms. The molecule has 4 heteroatoms. The van der Waals surface area contributed by atoms with E-state index in [1.165, 1.54) is 5.56 Å². The van der Waals surface area contributed by atoms with Crippen molar-refractivity contribution in [3.05, 3.63) is 59.2 Å². The maximum atomic E-state index is 13.8. The molecule has 39 heavy (non-hydrogen) atoms. The highest BCUT2D eigenvalue weighted by molar-refractivity contribution is 6.10. The molecule has 0 fully saturated rings. The van der Waals surface area contributed by atoms with Crippen molar-refractivity contribution >= 4 is 11.9 Å². The normalized spacial score (nSPS) is 13.7. The van der Waals surface area contributed by atoms with E-state index >= 15 is 0 Å². The first kappa shape index (κ1) is 32.5. The van der Waals surface area contributed by atoms with E-state index in [1.807, 2.05) is 30.3 Å². The molecule has 3 unspecified atom stereocenters. The van der Waals surface area contributed by atoms with Crippen molar-refractivity contribution in [3.63, 3.8) is 0 Å². The number of rotatable bonds is 19. The number of allylic oxidation sites excluding steroid dienone is 1. The van der Waals surface area contributed by atoms with Gasteiger partial charge in [0.05, 0.1) is 18.3 Å². The molecule has 0 heterocycles. The topological polar surface area (TPSA) is 44.8 Å². The monoisotopic (exact) mass is 536 g/mol. The minimum atomic E-state index is -0.127. The number of carbonyl (C=O) groups is 1. The number of hydrogen-bond acceptors (Lipinski definition) is 4. The molecular weight excluding hydrogens is 484 g/mol. The predicted octanol–water partition coefficient (Wildman–Crippen LogP) is 10.0. The van der Waals surface area contributed by atoms with Gasteiger partial charge in [0.15, 0.2) is 5.78 Å². The highest BCUT2D eigenvalue weighted by Crippen LogP contribution is 2.33. The number of carbonyl (C=O) groups excluding carboxylic acids is 1. The van der Waals surface area contributed by atoms with Gasteiger partial charge in [-0.2, -0.15) is 0 Å². The Morgan fingerprint density at radius 2 is 1.21 bits per heavy atom. The van der Waals surface area contributed by atoms with Gasteiger partial charge >= 0.3 is 0 Å². The lowest BCUT2D eigenvalue weighted by Crippen LogP contribution is -2.17. The quantitative estimate of drug-likeness (QED) is 0.132. The summed E-state index contributed by atoms with van der Waals surface area (Å²) in [4.78, 5) is 13.8. The zero-order chi connectivity index (χ0) is 28.6. The van der Waals surface area contributed by atoms with Crippen LogP contribution < -0.4 is 14.2 Å². The summed E-state index contributed by atoms with van der Waals surface area (Å²) in [5.41, 5.74) is 2.61. The van der Waals surface area contributed by atoms with Crippen molar-refractivity contribution in [1.82, 2.24) is 0 Å². The minimum Gasteiger partial charge on any atom is -0.490 e. The summed E-state index contributed by atoms with van der Waals surface area (Å²) in [5, 5.41) is 0. The van der Waals surface area contributed by atoms with Crippen LogP contribution in [0.25, 0.3) is 6.08 Å². The number of ether oxygens (including phenoxy) is 3. The Kier molecular flexibility index (Phi) is 14.8. The third-order valence-electron chi connectivity index (χ3n) is 7.01. The summed E-state index contributed by atoms with van der Waals surface area (Å²) in [6.45, 7) is 14.9. The van der Waals surface area contributed by atoms with E-state index in [0.717, 1.165) is 75.5 Å². The number of hydrogen-bond donors (Lipinski definition) is 0. The molecule has 4 nitrogen and oxygen atoms in total. The molecule has 0 aliphatic heterocycles. The molecule has 0 radical (unpaired) electrons. The molecule has 0 N–H and O–H groups in total. The maximum absolute atomic E-state index is 13.8. The number of ketones is 1. The second kappa shape index (κ2) is 17.8.